The van der Waals surface area contributed by atoms with Crippen molar-refractivity contribution in [2.24, 2.45) is 0 Å². The molecule has 1 N–H and O–H groups in total. The number of carboxylic acid groups (broad SMARTS) is 1. The Hall–Kier alpha value is -2.67. The van der Waals surface area contributed by atoms with E-state index in [4.69, 9.17) is 21.4 Å². The summed E-state index contributed by atoms with van der Waals surface area (Å²) in [5.41, 5.74) is -0.783. The average Bonchev–Trinajstić information content (AvgIpc) is 2.41. The maximum atomic E-state index is 12.9. The highest BCUT2D eigenvalue weighted by atomic mass is 35.5. The second-order valence-electron chi connectivity index (χ2n) is 3.92. The van der Waals surface area contributed by atoms with Crippen molar-refractivity contribution < 1.29 is 24.0 Å². The van der Waals surface area contributed by atoms with E-state index in [0.29, 0.717) is 0 Å². The van der Waals surface area contributed by atoms with Gasteiger partial charge >= 0.3 is 11.7 Å². The lowest BCUT2D eigenvalue weighted by Crippen LogP contribution is -2.00. The van der Waals surface area contributed by atoms with Crippen LogP contribution in [0, 0.1) is 15.9 Å². The number of carbonyl (C=O) groups is 1. The fourth-order valence-corrected chi connectivity index (χ4v) is 1.76. The van der Waals surface area contributed by atoms with Gasteiger partial charge in [-0.05, 0) is 30.3 Å². The lowest BCUT2D eigenvalue weighted by atomic mass is 10.2. The molecule has 0 radical (unpaired) electrons. The number of nitro benzene ring substituents is 1. The molecule has 6 nitrogen and oxygen atoms in total. The maximum absolute atomic E-state index is 12.9. The minimum atomic E-state index is -1.30. The third-order valence-electron chi connectivity index (χ3n) is 2.52. The van der Waals surface area contributed by atoms with Crippen molar-refractivity contribution in [2.45, 2.75) is 0 Å². The normalized spacial score (nSPS) is 10.2. The number of rotatable bonds is 4. The minimum Gasteiger partial charge on any atom is -0.478 e. The Labute approximate surface area is 122 Å². The van der Waals surface area contributed by atoms with Gasteiger partial charge in [0, 0.05) is 6.07 Å². The van der Waals surface area contributed by atoms with Gasteiger partial charge in [-0.3, -0.25) is 10.1 Å². The molecule has 2 aromatic carbocycles. The van der Waals surface area contributed by atoms with E-state index >= 15 is 0 Å². The number of benzene rings is 2. The highest BCUT2D eigenvalue weighted by Crippen LogP contribution is 2.35. The Morgan fingerprint density at radius 3 is 2.48 bits per heavy atom. The van der Waals surface area contributed by atoms with Gasteiger partial charge in [0.05, 0.1) is 15.5 Å². The molecule has 0 aliphatic rings. The molecule has 0 atom stereocenters. The molecule has 0 saturated carbocycles. The molecule has 0 heterocycles. The second kappa shape index (κ2) is 5.76. The number of carboxylic acids is 1. The average molecular weight is 312 g/mol. The third kappa shape index (κ3) is 3.26. The molecular weight excluding hydrogens is 305 g/mol. The van der Waals surface area contributed by atoms with Gasteiger partial charge in [-0.15, -0.1) is 0 Å². The summed E-state index contributed by atoms with van der Waals surface area (Å²) in [7, 11) is 0. The molecule has 21 heavy (non-hydrogen) atoms. The molecule has 0 amide bonds. The van der Waals surface area contributed by atoms with E-state index in [9.17, 15) is 19.3 Å². The number of nitro groups is 1. The number of aromatic carboxylic acids is 1. The monoisotopic (exact) mass is 311 g/mol. The molecule has 0 unspecified atom stereocenters. The van der Waals surface area contributed by atoms with Crippen molar-refractivity contribution in [2.75, 3.05) is 0 Å². The highest BCUT2D eigenvalue weighted by Gasteiger charge is 2.20. The number of hydrogen-bond acceptors (Lipinski definition) is 4. The first-order valence-electron chi connectivity index (χ1n) is 5.53. The molecule has 8 heteroatoms. The van der Waals surface area contributed by atoms with E-state index in [1.807, 2.05) is 0 Å². The third-order valence-corrected chi connectivity index (χ3v) is 2.81. The van der Waals surface area contributed by atoms with Crippen LogP contribution >= 0.6 is 11.6 Å². The van der Waals surface area contributed by atoms with E-state index in [1.165, 1.54) is 6.07 Å². The molecule has 2 rings (SSSR count). The van der Waals surface area contributed by atoms with Crippen LogP contribution < -0.4 is 4.74 Å². The molecule has 2 aromatic rings. The van der Waals surface area contributed by atoms with Crippen molar-refractivity contribution in [1.82, 2.24) is 0 Å². The van der Waals surface area contributed by atoms with Gasteiger partial charge in [0.25, 0.3) is 0 Å². The summed E-state index contributed by atoms with van der Waals surface area (Å²) in [6, 6.07) is 6.46. The van der Waals surface area contributed by atoms with Crippen LogP contribution in [0.5, 0.6) is 11.5 Å². The van der Waals surface area contributed by atoms with Crippen LogP contribution in [0.25, 0.3) is 0 Å². The van der Waals surface area contributed by atoms with Gasteiger partial charge in [0.15, 0.2) is 0 Å². The van der Waals surface area contributed by atoms with Crippen LogP contribution in [0.15, 0.2) is 36.4 Å². The van der Waals surface area contributed by atoms with E-state index in [1.54, 1.807) is 0 Å². The van der Waals surface area contributed by atoms with E-state index in [-0.39, 0.29) is 22.1 Å². The van der Waals surface area contributed by atoms with Gasteiger partial charge in [-0.2, -0.15) is 0 Å². The number of ether oxygens (including phenoxy) is 1. The Bertz CT molecular complexity index is 734. The van der Waals surface area contributed by atoms with Crippen molar-refractivity contribution >= 4 is 23.3 Å². The van der Waals surface area contributed by atoms with Crippen molar-refractivity contribution in [3.8, 4) is 11.5 Å². The first-order chi connectivity index (χ1) is 9.88. The first kappa shape index (κ1) is 14.7. The smallest absolute Gasteiger partial charge is 0.335 e. The Balaban J connectivity index is 2.44. The number of hydrogen-bond donors (Lipinski definition) is 1. The van der Waals surface area contributed by atoms with Crippen molar-refractivity contribution in [1.29, 1.82) is 0 Å². The SMILES string of the molecule is O=C(O)c1ccc(Oc2ccc(F)cc2Cl)c([N+](=O)[O-])c1. The van der Waals surface area contributed by atoms with Gasteiger partial charge in [-0.1, -0.05) is 11.6 Å². The summed E-state index contributed by atoms with van der Waals surface area (Å²) >= 11 is 5.76. The minimum absolute atomic E-state index is 0.0178. The molecule has 0 fully saturated rings. The second-order valence-corrected chi connectivity index (χ2v) is 4.33. The summed E-state index contributed by atoms with van der Waals surface area (Å²) < 4.78 is 18.2. The largest absolute Gasteiger partial charge is 0.478 e. The van der Waals surface area contributed by atoms with Crippen LogP contribution in [-0.4, -0.2) is 16.0 Å². The van der Waals surface area contributed by atoms with Gasteiger partial charge in [0.1, 0.15) is 11.6 Å². The fourth-order valence-electron chi connectivity index (χ4n) is 1.56. The van der Waals surface area contributed by atoms with Crippen molar-refractivity contribution in [3.63, 3.8) is 0 Å². The fraction of sp³-hybridized carbons (Fsp3) is 0. The van der Waals surface area contributed by atoms with Crippen LogP contribution in [-0.2, 0) is 0 Å². The molecule has 0 spiro atoms. The predicted molar refractivity (Wildman–Crippen MR) is 71.5 cm³/mol. The molecule has 0 aliphatic heterocycles. The summed E-state index contributed by atoms with van der Waals surface area (Å²) in [6.07, 6.45) is 0. The van der Waals surface area contributed by atoms with Gasteiger partial charge in [0.2, 0.25) is 5.75 Å². The van der Waals surface area contributed by atoms with Crippen LogP contribution in [0.4, 0.5) is 10.1 Å². The van der Waals surface area contributed by atoms with Gasteiger partial charge < -0.3 is 9.84 Å². The zero-order valence-electron chi connectivity index (χ0n) is 10.2. The summed E-state index contributed by atoms with van der Waals surface area (Å²) in [5, 5.41) is 19.7. The van der Waals surface area contributed by atoms with Crippen LogP contribution in [0.3, 0.4) is 0 Å². The summed E-state index contributed by atoms with van der Waals surface area (Å²) in [5.74, 6) is -2.06. The number of halogens is 2. The lowest BCUT2D eigenvalue weighted by Gasteiger charge is -2.08. The maximum Gasteiger partial charge on any atom is 0.335 e. The van der Waals surface area contributed by atoms with E-state index in [2.05, 4.69) is 0 Å². The summed E-state index contributed by atoms with van der Waals surface area (Å²) in [4.78, 5) is 21.0. The molecule has 0 aliphatic carbocycles. The van der Waals surface area contributed by atoms with E-state index < -0.39 is 22.4 Å². The quantitative estimate of drug-likeness (QED) is 0.683. The standard InChI is InChI=1S/C13H7ClFNO5/c14-9-6-8(15)2-4-11(9)21-12-3-1-7(13(17)18)5-10(12)16(19)20/h1-6H,(H,17,18). The zero-order chi connectivity index (χ0) is 15.6. The van der Waals surface area contributed by atoms with Crippen LogP contribution in [0.1, 0.15) is 10.4 Å². The molecule has 0 saturated heterocycles. The van der Waals surface area contributed by atoms with Crippen molar-refractivity contribution in [3.05, 3.63) is 62.9 Å². The Morgan fingerprint density at radius 2 is 1.90 bits per heavy atom. The topological polar surface area (TPSA) is 89.7 Å². The highest BCUT2D eigenvalue weighted by molar-refractivity contribution is 6.32. The zero-order valence-corrected chi connectivity index (χ0v) is 11.0. The first-order valence-corrected chi connectivity index (χ1v) is 5.91. The van der Waals surface area contributed by atoms with Crippen LogP contribution in [0.2, 0.25) is 5.02 Å². The molecular formula is C13H7ClFNO5. The summed E-state index contributed by atoms with van der Waals surface area (Å²) in [6.45, 7) is 0. The number of nitrogens with zero attached hydrogens (tertiary/aromatic N) is 1. The Morgan fingerprint density at radius 1 is 1.24 bits per heavy atom. The Kier molecular flexibility index (Phi) is 4.04. The molecule has 108 valence electrons. The molecule has 0 aromatic heterocycles. The van der Waals surface area contributed by atoms with Gasteiger partial charge in [-0.25, -0.2) is 9.18 Å². The molecule has 0 bridgehead atoms. The van der Waals surface area contributed by atoms with E-state index in [0.717, 1.165) is 30.3 Å². The lowest BCUT2D eigenvalue weighted by molar-refractivity contribution is -0.385. The predicted octanol–water partition coefficient (Wildman–Crippen LogP) is 3.88.